The number of rotatable bonds is 4. The molecule has 18 heavy (non-hydrogen) atoms. The lowest BCUT2D eigenvalue weighted by Gasteiger charge is -2.26. The van der Waals surface area contributed by atoms with E-state index in [-0.39, 0.29) is 0 Å². The van der Waals surface area contributed by atoms with Crippen LogP contribution in [0.2, 0.25) is 0 Å². The van der Waals surface area contributed by atoms with E-state index in [9.17, 15) is 0 Å². The topological polar surface area (TPSA) is 12.0 Å². The molecule has 2 atom stereocenters. The Morgan fingerprint density at radius 3 is 2.67 bits per heavy atom. The SMILES string of the molecule is CCCc1ccc(/C=C/C2CCCC(C)N2)cc1. The zero-order valence-corrected chi connectivity index (χ0v) is 11.7. The summed E-state index contributed by atoms with van der Waals surface area (Å²) in [5.74, 6) is 0. The van der Waals surface area contributed by atoms with Crippen LogP contribution in [-0.2, 0) is 6.42 Å². The van der Waals surface area contributed by atoms with Crippen LogP contribution in [0.4, 0.5) is 0 Å². The maximum atomic E-state index is 3.63. The third-order valence-corrected chi connectivity index (χ3v) is 3.69. The smallest absolute Gasteiger partial charge is 0.0255 e. The van der Waals surface area contributed by atoms with Gasteiger partial charge in [0.1, 0.15) is 0 Å². The number of aryl methyl sites for hydroxylation is 1. The molecule has 0 amide bonds. The van der Waals surface area contributed by atoms with Gasteiger partial charge in [0.25, 0.3) is 0 Å². The van der Waals surface area contributed by atoms with Gasteiger partial charge in [0.2, 0.25) is 0 Å². The van der Waals surface area contributed by atoms with Crippen LogP contribution in [0.3, 0.4) is 0 Å². The monoisotopic (exact) mass is 243 g/mol. The Morgan fingerprint density at radius 2 is 2.00 bits per heavy atom. The summed E-state index contributed by atoms with van der Waals surface area (Å²) in [5.41, 5.74) is 2.76. The molecular formula is C17H25N. The zero-order chi connectivity index (χ0) is 12.8. The van der Waals surface area contributed by atoms with Crippen molar-refractivity contribution < 1.29 is 0 Å². The van der Waals surface area contributed by atoms with Gasteiger partial charge in [-0.1, -0.05) is 56.2 Å². The van der Waals surface area contributed by atoms with Crippen LogP contribution in [0.5, 0.6) is 0 Å². The van der Waals surface area contributed by atoms with E-state index in [1.165, 1.54) is 43.2 Å². The molecule has 0 saturated carbocycles. The van der Waals surface area contributed by atoms with Gasteiger partial charge in [-0.25, -0.2) is 0 Å². The predicted octanol–water partition coefficient (Wildman–Crippen LogP) is 4.18. The molecule has 1 aromatic rings. The second-order valence-corrected chi connectivity index (χ2v) is 5.46. The van der Waals surface area contributed by atoms with E-state index in [2.05, 4.69) is 55.6 Å². The molecule has 98 valence electrons. The maximum absolute atomic E-state index is 3.63. The molecule has 0 radical (unpaired) electrons. The molecule has 1 aliphatic rings. The van der Waals surface area contributed by atoms with Crippen molar-refractivity contribution in [1.82, 2.24) is 5.32 Å². The Labute approximate surface area is 111 Å². The van der Waals surface area contributed by atoms with Gasteiger partial charge < -0.3 is 5.32 Å². The van der Waals surface area contributed by atoms with Crippen molar-refractivity contribution in [2.45, 2.75) is 58.0 Å². The summed E-state index contributed by atoms with van der Waals surface area (Å²) in [5, 5.41) is 3.63. The largest absolute Gasteiger partial charge is 0.308 e. The van der Waals surface area contributed by atoms with Gasteiger partial charge in [-0.2, -0.15) is 0 Å². The number of piperidine rings is 1. The highest BCUT2D eigenvalue weighted by Gasteiger charge is 2.14. The Hall–Kier alpha value is -1.08. The average molecular weight is 243 g/mol. The summed E-state index contributed by atoms with van der Waals surface area (Å²) in [4.78, 5) is 0. The van der Waals surface area contributed by atoms with Crippen molar-refractivity contribution >= 4 is 6.08 Å². The van der Waals surface area contributed by atoms with Crippen LogP contribution >= 0.6 is 0 Å². The molecule has 1 fully saturated rings. The van der Waals surface area contributed by atoms with Crippen molar-refractivity contribution in [3.8, 4) is 0 Å². The highest BCUT2D eigenvalue weighted by atomic mass is 14.9. The first-order valence-corrected chi connectivity index (χ1v) is 7.31. The Bertz CT molecular complexity index is 377. The van der Waals surface area contributed by atoms with Crippen LogP contribution in [0.25, 0.3) is 6.08 Å². The van der Waals surface area contributed by atoms with Gasteiger partial charge in [0, 0.05) is 12.1 Å². The van der Waals surface area contributed by atoms with Gasteiger partial charge in [-0.15, -0.1) is 0 Å². The molecule has 0 spiro atoms. The minimum atomic E-state index is 0.559. The third-order valence-electron chi connectivity index (χ3n) is 3.69. The van der Waals surface area contributed by atoms with Gasteiger partial charge >= 0.3 is 0 Å². The first-order chi connectivity index (χ1) is 8.78. The molecule has 1 heteroatoms. The van der Waals surface area contributed by atoms with E-state index in [0.717, 1.165) is 0 Å². The Balaban J connectivity index is 1.91. The maximum Gasteiger partial charge on any atom is 0.0255 e. The van der Waals surface area contributed by atoms with Crippen molar-refractivity contribution in [2.75, 3.05) is 0 Å². The normalized spacial score (nSPS) is 24.6. The average Bonchev–Trinajstić information content (AvgIpc) is 2.38. The summed E-state index contributed by atoms with van der Waals surface area (Å²) in [7, 11) is 0. The standard InChI is InChI=1S/C17H25N/c1-3-5-15-8-10-16(11-9-15)12-13-17-7-4-6-14(2)18-17/h8-14,17-18H,3-7H2,1-2H3/b13-12+. The fourth-order valence-electron chi connectivity index (χ4n) is 2.64. The lowest BCUT2D eigenvalue weighted by molar-refractivity contribution is 0.375. The molecule has 0 aliphatic carbocycles. The number of benzene rings is 1. The quantitative estimate of drug-likeness (QED) is 0.836. The predicted molar refractivity (Wildman–Crippen MR) is 79.7 cm³/mol. The summed E-state index contributed by atoms with van der Waals surface area (Å²) in [6, 6.07) is 10.2. The van der Waals surface area contributed by atoms with Crippen molar-refractivity contribution in [1.29, 1.82) is 0 Å². The fraction of sp³-hybridized carbons (Fsp3) is 0.529. The van der Waals surface area contributed by atoms with Crippen LogP contribution in [0.15, 0.2) is 30.3 Å². The summed E-state index contributed by atoms with van der Waals surface area (Å²) < 4.78 is 0. The van der Waals surface area contributed by atoms with Crippen LogP contribution in [-0.4, -0.2) is 12.1 Å². The van der Waals surface area contributed by atoms with Crippen molar-refractivity contribution in [2.24, 2.45) is 0 Å². The van der Waals surface area contributed by atoms with Gasteiger partial charge in [-0.3, -0.25) is 0 Å². The first kappa shape index (κ1) is 13.4. The van der Waals surface area contributed by atoms with E-state index in [1.807, 2.05) is 0 Å². The Morgan fingerprint density at radius 1 is 1.22 bits per heavy atom. The highest BCUT2D eigenvalue weighted by Crippen LogP contribution is 2.15. The molecule has 2 unspecified atom stereocenters. The van der Waals surface area contributed by atoms with E-state index < -0.39 is 0 Å². The molecule has 1 saturated heterocycles. The number of hydrogen-bond donors (Lipinski definition) is 1. The van der Waals surface area contributed by atoms with Crippen LogP contribution in [0, 0.1) is 0 Å². The Kier molecular flexibility index (Phi) is 5.00. The zero-order valence-electron chi connectivity index (χ0n) is 11.7. The molecule has 1 heterocycles. The first-order valence-electron chi connectivity index (χ1n) is 7.31. The summed E-state index contributed by atoms with van der Waals surface area (Å²) >= 11 is 0. The molecule has 2 rings (SSSR count). The summed E-state index contributed by atoms with van der Waals surface area (Å²) in [6.07, 6.45) is 10.9. The minimum Gasteiger partial charge on any atom is -0.308 e. The third kappa shape index (κ3) is 3.99. The van der Waals surface area contributed by atoms with Gasteiger partial charge in [-0.05, 0) is 37.3 Å². The van der Waals surface area contributed by atoms with Crippen molar-refractivity contribution in [3.05, 3.63) is 41.5 Å². The highest BCUT2D eigenvalue weighted by molar-refractivity contribution is 5.50. The molecule has 1 N–H and O–H groups in total. The second kappa shape index (κ2) is 6.75. The van der Waals surface area contributed by atoms with E-state index in [1.54, 1.807) is 0 Å². The van der Waals surface area contributed by atoms with E-state index in [0.29, 0.717) is 12.1 Å². The lowest BCUT2D eigenvalue weighted by atomic mass is 9.98. The van der Waals surface area contributed by atoms with Crippen molar-refractivity contribution in [3.63, 3.8) is 0 Å². The fourth-order valence-corrected chi connectivity index (χ4v) is 2.64. The lowest BCUT2D eigenvalue weighted by Crippen LogP contribution is -2.39. The number of nitrogens with one attached hydrogen (secondary N) is 1. The van der Waals surface area contributed by atoms with Gasteiger partial charge in [0.15, 0.2) is 0 Å². The second-order valence-electron chi connectivity index (χ2n) is 5.46. The molecule has 1 aliphatic heterocycles. The number of hydrogen-bond acceptors (Lipinski definition) is 1. The molecular weight excluding hydrogens is 218 g/mol. The molecule has 0 bridgehead atoms. The molecule has 1 nitrogen and oxygen atoms in total. The summed E-state index contributed by atoms with van der Waals surface area (Å²) in [6.45, 7) is 4.50. The van der Waals surface area contributed by atoms with Crippen LogP contribution < -0.4 is 5.32 Å². The minimum absolute atomic E-state index is 0.559. The van der Waals surface area contributed by atoms with E-state index in [4.69, 9.17) is 0 Å². The van der Waals surface area contributed by atoms with E-state index >= 15 is 0 Å². The van der Waals surface area contributed by atoms with Crippen LogP contribution in [0.1, 0.15) is 50.7 Å². The van der Waals surface area contributed by atoms with Gasteiger partial charge in [0.05, 0.1) is 0 Å². The molecule has 1 aromatic carbocycles. The molecule has 0 aromatic heterocycles.